The lowest BCUT2D eigenvalue weighted by Gasteiger charge is -2.45. The summed E-state index contributed by atoms with van der Waals surface area (Å²) in [6.07, 6.45) is 3.13. The molecule has 3 rings (SSSR count). The first-order chi connectivity index (χ1) is 8.74. The number of carbonyl (C=O) groups excluding carboxylic acids is 1. The maximum absolute atomic E-state index is 11.7. The van der Waals surface area contributed by atoms with Gasteiger partial charge in [0.2, 0.25) is 0 Å². The average Bonchev–Trinajstić information content (AvgIpc) is 2.45. The zero-order valence-corrected chi connectivity index (χ0v) is 11.3. The van der Waals surface area contributed by atoms with Crippen LogP contribution in [0.15, 0.2) is 23.8 Å². The Kier molecular flexibility index (Phi) is 2.51. The Bertz CT molecular complexity index is 490. The second-order valence-corrected chi connectivity index (χ2v) is 6.63. The zero-order valence-electron chi connectivity index (χ0n) is 11.3. The van der Waals surface area contributed by atoms with Crippen LogP contribution in [0, 0.1) is 11.3 Å². The summed E-state index contributed by atoms with van der Waals surface area (Å²) in [4.78, 5) is 11.7. The predicted molar refractivity (Wildman–Crippen MR) is 69.2 cm³/mol. The van der Waals surface area contributed by atoms with Crippen molar-refractivity contribution in [2.75, 3.05) is 0 Å². The molecule has 0 radical (unpaired) electrons. The molecular weight excluding hydrogens is 244 g/mol. The van der Waals surface area contributed by atoms with Crippen molar-refractivity contribution < 1.29 is 19.7 Å². The molecule has 3 aliphatic rings. The van der Waals surface area contributed by atoms with Gasteiger partial charge in [-0.15, -0.1) is 0 Å². The van der Waals surface area contributed by atoms with Crippen molar-refractivity contribution in [3.8, 4) is 0 Å². The molecule has 19 heavy (non-hydrogen) atoms. The molecule has 0 bridgehead atoms. The molecule has 2 N–H and O–H groups in total. The lowest BCUT2D eigenvalue weighted by atomic mass is 9.60. The summed E-state index contributed by atoms with van der Waals surface area (Å²) in [5.74, 6) is -0.858. The number of hydrogen-bond acceptors (Lipinski definition) is 4. The van der Waals surface area contributed by atoms with Crippen LogP contribution in [0.5, 0.6) is 0 Å². The Morgan fingerprint density at radius 1 is 1.42 bits per heavy atom. The molecule has 2 aliphatic carbocycles. The Morgan fingerprint density at radius 2 is 2.11 bits per heavy atom. The highest BCUT2D eigenvalue weighted by atomic mass is 16.6. The fourth-order valence-electron chi connectivity index (χ4n) is 3.93. The van der Waals surface area contributed by atoms with E-state index >= 15 is 0 Å². The highest BCUT2D eigenvalue weighted by Crippen LogP contribution is 2.54. The summed E-state index contributed by atoms with van der Waals surface area (Å²) in [6, 6.07) is 0. The minimum atomic E-state index is -1.45. The van der Waals surface area contributed by atoms with E-state index in [1.165, 1.54) is 6.92 Å². The number of allylic oxidation sites excluding steroid dienone is 1. The minimum absolute atomic E-state index is 0.212. The standard InChI is InChI=1S/C15H20O4/c1-8-4-9(16)6-14(2)7-12-11(5-10(8)14)15(3,18)13(17)19-12/h5,9,11-12,16,18H,1,4,6-7H2,2-3H3/t9-,11?,12?,14+,15+/m0/s1. The largest absolute Gasteiger partial charge is 0.459 e. The van der Waals surface area contributed by atoms with Crippen LogP contribution in [0.3, 0.4) is 0 Å². The van der Waals surface area contributed by atoms with Crippen molar-refractivity contribution >= 4 is 5.97 Å². The highest BCUT2D eigenvalue weighted by molar-refractivity contribution is 5.82. The summed E-state index contributed by atoms with van der Waals surface area (Å²) < 4.78 is 5.32. The molecule has 5 atom stereocenters. The molecule has 4 nitrogen and oxygen atoms in total. The molecule has 2 unspecified atom stereocenters. The predicted octanol–water partition coefficient (Wildman–Crippen LogP) is 1.33. The van der Waals surface area contributed by atoms with E-state index in [0.717, 1.165) is 11.1 Å². The monoisotopic (exact) mass is 264 g/mol. The molecule has 4 heteroatoms. The van der Waals surface area contributed by atoms with Crippen LogP contribution in [0.1, 0.15) is 33.1 Å². The van der Waals surface area contributed by atoms with Crippen LogP contribution in [0.25, 0.3) is 0 Å². The van der Waals surface area contributed by atoms with Gasteiger partial charge >= 0.3 is 5.97 Å². The van der Waals surface area contributed by atoms with E-state index in [1.807, 2.05) is 6.08 Å². The van der Waals surface area contributed by atoms with Gasteiger partial charge in [-0.25, -0.2) is 4.79 Å². The van der Waals surface area contributed by atoms with E-state index in [0.29, 0.717) is 19.3 Å². The van der Waals surface area contributed by atoms with Gasteiger partial charge in [-0.3, -0.25) is 0 Å². The lowest BCUT2D eigenvalue weighted by molar-refractivity contribution is -0.154. The summed E-state index contributed by atoms with van der Waals surface area (Å²) in [5.41, 5.74) is 0.332. The summed E-state index contributed by atoms with van der Waals surface area (Å²) >= 11 is 0. The number of esters is 1. The van der Waals surface area contributed by atoms with E-state index in [1.54, 1.807) is 0 Å². The van der Waals surface area contributed by atoms with Crippen molar-refractivity contribution in [3.63, 3.8) is 0 Å². The summed E-state index contributed by atoms with van der Waals surface area (Å²) in [6.45, 7) is 7.63. The second kappa shape index (κ2) is 3.70. The molecule has 104 valence electrons. The summed E-state index contributed by atoms with van der Waals surface area (Å²) in [7, 11) is 0. The van der Waals surface area contributed by atoms with Crippen LogP contribution in [0.2, 0.25) is 0 Å². The second-order valence-electron chi connectivity index (χ2n) is 6.63. The van der Waals surface area contributed by atoms with Crippen molar-refractivity contribution in [1.29, 1.82) is 0 Å². The van der Waals surface area contributed by atoms with Gasteiger partial charge in [0.15, 0.2) is 5.60 Å². The van der Waals surface area contributed by atoms with Crippen molar-refractivity contribution in [2.45, 2.75) is 50.9 Å². The molecule has 0 aromatic rings. The van der Waals surface area contributed by atoms with Crippen LogP contribution >= 0.6 is 0 Å². The quantitative estimate of drug-likeness (QED) is 0.648. The molecule has 1 saturated heterocycles. The van der Waals surface area contributed by atoms with Gasteiger partial charge in [0, 0.05) is 0 Å². The van der Waals surface area contributed by atoms with E-state index in [-0.39, 0.29) is 23.5 Å². The number of carbonyl (C=O) groups is 1. The lowest BCUT2D eigenvalue weighted by Crippen LogP contribution is -2.44. The third-order valence-corrected chi connectivity index (χ3v) is 4.92. The van der Waals surface area contributed by atoms with Gasteiger partial charge in [0.1, 0.15) is 6.10 Å². The first-order valence-corrected chi connectivity index (χ1v) is 6.76. The first-order valence-electron chi connectivity index (χ1n) is 6.76. The van der Waals surface area contributed by atoms with E-state index < -0.39 is 11.6 Å². The van der Waals surface area contributed by atoms with E-state index in [2.05, 4.69) is 13.5 Å². The third kappa shape index (κ3) is 1.70. The van der Waals surface area contributed by atoms with E-state index in [4.69, 9.17) is 4.74 Å². The fraction of sp³-hybridized carbons (Fsp3) is 0.667. The van der Waals surface area contributed by atoms with Gasteiger partial charge in [-0.1, -0.05) is 19.6 Å². The van der Waals surface area contributed by atoms with Crippen LogP contribution in [-0.2, 0) is 9.53 Å². The third-order valence-electron chi connectivity index (χ3n) is 4.92. The molecule has 1 aliphatic heterocycles. The maximum Gasteiger partial charge on any atom is 0.338 e. The molecular formula is C15H20O4. The fourth-order valence-corrected chi connectivity index (χ4v) is 3.93. The van der Waals surface area contributed by atoms with Crippen molar-refractivity contribution in [3.05, 3.63) is 23.8 Å². The van der Waals surface area contributed by atoms with Gasteiger partial charge in [-0.2, -0.15) is 0 Å². The summed E-state index contributed by atoms with van der Waals surface area (Å²) in [5, 5.41) is 20.2. The number of ether oxygens (including phenoxy) is 1. The molecule has 0 aromatic carbocycles. The molecule has 0 aromatic heterocycles. The number of rotatable bonds is 0. The van der Waals surface area contributed by atoms with Crippen LogP contribution < -0.4 is 0 Å². The average molecular weight is 264 g/mol. The van der Waals surface area contributed by atoms with Crippen molar-refractivity contribution in [1.82, 2.24) is 0 Å². The van der Waals surface area contributed by atoms with Crippen LogP contribution in [-0.4, -0.2) is 34.0 Å². The normalized spacial score (nSPS) is 49.3. The first kappa shape index (κ1) is 12.9. The van der Waals surface area contributed by atoms with E-state index in [9.17, 15) is 15.0 Å². The smallest absolute Gasteiger partial charge is 0.338 e. The SMILES string of the molecule is C=C1C[C@H](O)C[C@]2(C)CC3OC(=O)[C@](C)(O)C3C=C12. The topological polar surface area (TPSA) is 66.8 Å². The zero-order chi connectivity index (χ0) is 14.0. The van der Waals surface area contributed by atoms with Gasteiger partial charge < -0.3 is 14.9 Å². The minimum Gasteiger partial charge on any atom is -0.459 e. The molecule has 0 spiro atoms. The molecule has 1 heterocycles. The molecule has 0 amide bonds. The van der Waals surface area contributed by atoms with Crippen molar-refractivity contribution in [2.24, 2.45) is 11.3 Å². The Labute approximate surface area is 112 Å². The van der Waals surface area contributed by atoms with Gasteiger partial charge in [-0.05, 0) is 42.7 Å². The van der Waals surface area contributed by atoms with Gasteiger partial charge in [0.05, 0.1) is 12.0 Å². The Hall–Kier alpha value is -1.13. The maximum atomic E-state index is 11.7. The van der Waals surface area contributed by atoms with Gasteiger partial charge in [0.25, 0.3) is 0 Å². The number of aliphatic hydroxyl groups excluding tert-OH is 1. The number of hydrogen-bond donors (Lipinski definition) is 2. The Morgan fingerprint density at radius 3 is 2.79 bits per heavy atom. The van der Waals surface area contributed by atoms with Crippen LogP contribution in [0.4, 0.5) is 0 Å². The number of fused-ring (bicyclic) bond motifs is 2. The number of aliphatic hydroxyl groups is 2. The Balaban J connectivity index is 2.04. The molecule has 2 fully saturated rings. The highest BCUT2D eigenvalue weighted by Gasteiger charge is 2.57. The molecule has 1 saturated carbocycles.